The van der Waals surface area contributed by atoms with Gasteiger partial charge >= 0.3 is 0 Å². The van der Waals surface area contributed by atoms with Crippen LogP contribution in [-0.4, -0.2) is 33.6 Å². The number of halogens is 2. The second kappa shape index (κ2) is 9.66. The minimum Gasteiger partial charge on any atom is -0.354 e. The standard InChI is InChI=1S/C27H27ClFN5O/c1-17-5-8-22(18(2)12-17)24-14-25-26(30-9-11-34(25)32-24)33-10-3-4-20(16-33)27(35)31-15-19-6-7-21(29)13-23(19)28/h5-9,11-14,20H,3-4,10,15-16H2,1-2H3,(H,31,35)/t20-/m0/s1. The van der Waals surface area contributed by atoms with E-state index in [2.05, 4.69) is 53.3 Å². The number of carbonyl (C=O) groups is 1. The molecule has 5 rings (SSSR count). The number of nitrogens with one attached hydrogen (secondary N) is 1. The van der Waals surface area contributed by atoms with Crippen LogP contribution in [0.1, 0.15) is 29.5 Å². The molecule has 0 bridgehead atoms. The monoisotopic (exact) mass is 491 g/mol. The Morgan fingerprint density at radius 3 is 2.86 bits per heavy atom. The highest BCUT2D eigenvalue weighted by Gasteiger charge is 2.28. The Kier molecular flexibility index (Phi) is 6.43. The summed E-state index contributed by atoms with van der Waals surface area (Å²) in [6, 6.07) is 12.6. The number of hydrogen-bond donors (Lipinski definition) is 1. The fourth-order valence-electron chi connectivity index (χ4n) is 4.76. The topological polar surface area (TPSA) is 62.5 Å². The molecule has 1 N–H and O–H groups in total. The summed E-state index contributed by atoms with van der Waals surface area (Å²) in [5.41, 5.74) is 6.01. The maximum absolute atomic E-state index is 13.3. The Bertz CT molecular complexity index is 1400. The zero-order chi connectivity index (χ0) is 24.5. The van der Waals surface area contributed by atoms with Crippen LogP contribution in [0.2, 0.25) is 5.02 Å². The fourth-order valence-corrected chi connectivity index (χ4v) is 4.99. The van der Waals surface area contributed by atoms with E-state index in [4.69, 9.17) is 16.7 Å². The highest BCUT2D eigenvalue weighted by Crippen LogP contribution is 2.30. The summed E-state index contributed by atoms with van der Waals surface area (Å²) in [7, 11) is 0. The molecular formula is C27H27ClFN5O. The van der Waals surface area contributed by atoms with Gasteiger partial charge in [-0.2, -0.15) is 5.10 Å². The number of piperidine rings is 1. The van der Waals surface area contributed by atoms with E-state index >= 15 is 0 Å². The maximum Gasteiger partial charge on any atom is 0.225 e. The Morgan fingerprint density at radius 1 is 1.20 bits per heavy atom. The molecule has 2 aromatic carbocycles. The molecule has 4 aromatic rings. The van der Waals surface area contributed by atoms with Crippen molar-refractivity contribution in [1.82, 2.24) is 19.9 Å². The number of rotatable bonds is 5. The van der Waals surface area contributed by atoms with Gasteiger partial charge in [0.25, 0.3) is 0 Å². The molecule has 0 spiro atoms. The van der Waals surface area contributed by atoms with E-state index in [1.165, 1.54) is 23.3 Å². The summed E-state index contributed by atoms with van der Waals surface area (Å²) in [6.07, 6.45) is 5.29. The van der Waals surface area contributed by atoms with Gasteiger partial charge in [0.1, 0.15) is 11.3 Å². The van der Waals surface area contributed by atoms with Crippen LogP contribution in [0.4, 0.5) is 10.2 Å². The summed E-state index contributed by atoms with van der Waals surface area (Å²) >= 11 is 6.11. The molecule has 3 heterocycles. The third kappa shape index (κ3) is 4.86. The van der Waals surface area contributed by atoms with E-state index in [1.807, 2.05) is 10.7 Å². The highest BCUT2D eigenvalue weighted by molar-refractivity contribution is 6.31. The van der Waals surface area contributed by atoms with E-state index in [0.29, 0.717) is 17.1 Å². The lowest BCUT2D eigenvalue weighted by atomic mass is 9.97. The molecule has 0 aliphatic carbocycles. The van der Waals surface area contributed by atoms with Crippen molar-refractivity contribution >= 4 is 28.8 Å². The lowest BCUT2D eigenvalue weighted by Gasteiger charge is -2.33. The maximum atomic E-state index is 13.3. The van der Waals surface area contributed by atoms with Crippen molar-refractivity contribution in [2.75, 3.05) is 18.0 Å². The van der Waals surface area contributed by atoms with Gasteiger partial charge in [-0.1, -0.05) is 41.4 Å². The van der Waals surface area contributed by atoms with Gasteiger partial charge < -0.3 is 10.2 Å². The van der Waals surface area contributed by atoms with Crippen LogP contribution in [0.15, 0.2) is 54.9 Å². The van der Waals surface area contributed by atoms with E-state index in [0.717, 1.165) is 42.0 Å². The third-order valence-corrected chi connectivity index (χ3v) is 6.94. The molecular weight excluding hydrogens is 465 g/mol. The van der Waals surface area contributed by atoms with Crippen molar-refractivity contribution < 1.29 is 9.18 Å². The van der Waals surface area contributed by atoms with Crippen molar-refractivity contribution in [3.8, 4) is 11.3 Å². The molecule has 1 saturated heterocycles. The molecule has 0 unspecified atom stereocenters. The number of benzene rings is 2. The number of aryl methyl sites for hydroxylation is 2. The SMILES string of the molecule is Cc1ccc(-c2cc3c(N4CCC[C@H](C(=O)NCc5ccc(F)cc5Cl)C4)nccn3n2)c(C)c1. The van der Waals surface area contributed by atoms with E-state index < -0.39 is 5.82 Å². The first kappa shape index (κ1) is 23.3. The molecule has 8 heteroatoms. The first-order valence-corrected chi connectivity index (χ1v) is 12.2. The number of nitrogens with zero attached hydrogens (tertiary/aromatic N) is 4. The zero-order valence-corrected chi connectivity index (χ0v) is 20.5. The molecule has 1 fully saturated rings. The molecule has 0 radical (unpaired) electrons. The van der Waals surface area contributed by atoms with Crippen LogP contribution in [0.5, 0.6) is 0 Å². The van der Waals surface area contributed by atoms with Crippen LogP contribution in [0, 0.1) is 25.6 Å². The molecule has 1 amide bonds. The minimum absolute atomic E-state index is 0.0356. The highest BCUT2D eigenvalue weighted by atomic mass is 35.5. The molecule has 1 aliphatic rings. The summed E-state index contributed by atoms with van der Waals surface area (Å²) in [5.74, 6) is 0.226. The first-order chi connectivity index (χ1) is 16.9. The Balaban J connectivity index is 1.34. The van der Waals surface area contributed by atoms with Crippen LogP contribution in [0.25, 0.3) is 16.8 Å². The van der Waals surface area contributed by atoms with E-state index in [1.54, 1.807) is 12.3 Å². The van der Waals surface area contributed by atoms with Crippen molar-refractivity contribution in [3.63, 3.8) is 0 Å². The van der Waals surface area contributed by atoms with Crippen molar-refractivity contribution in [2.45, 2.75) is 33.2 Å². The predicted octanol–water partition coefficient (Wildman–Crippen LogP) is 5.34. The van der Waals surface area contributed by atoms with Crippen LogP contribution in [0.3, 0.4) is 0 Å². The van der Waals surface area contributed by atoms with Crippen LogP contribution < -0.4 is 10.2 Å². The van der Waals surface area contributed by atoms with Gasteiger partial charge in [-0.25, -0.2) is 13.9 Å². The number of aromatic nitrogens is 3. The second-order valence-corrected chi connectivity index (χ2v) is 9.57. The molecule has 1 aliphatic heterocycles. The second-order valence-electron chi connectivity index (χ2n) is 9.17. The number of anilines is 1. The molecule has 35 heavy (non-hydrogen) atoms. The Hall–Kier alpha value is -3.45. The summed E-state index contributed by atoms with van der Waals surface area (Å²) in [4.78, 5) is 19.8. The quantitative estimate of drug-likeness (QED) is 0.409. The first-order valence-electron chi connectivity index (χ1n) is 11.8. The van der Waals surface area contributed by atoms with Crippen LogP contribution >= 0.6 is 11.6 Å². The molecule has 0 saturated carbocycles. The molecule has 1 atom stereocenters. The zero-order valence-electron chi connectivity index (χ0n) is 19.8. The van der Waals surface area contributed by atoms with Gasteiger partial charge in [0.05, 0.1) is 11.6 Å². The average molecular weight is 492 g/mol. The Morgan fingerprint density at radius 2 is 2.06 bits per heavy atom. The van der Waals surface area contributed by atoms with Gasteiger partial charge in [-0.3, -0.25) is 4.79 Å². The lowest BCUT2D eigenvalue weighted by Crippen LogP contribution is -2.43. The molecule has 6 nitrogen and oxygen atoms in total. The van der Waals surface area contributed by atoms with Crippen LogP contribution in [-0.2, 0) is 11.3 Å². The van der Waals surface area contributed by atoms with Crippen molar-refractivity contribution in [3.05, 3.63) is 82.4 Å². The van der Waals surface area contributed by atoms with Gasteiger partial charge in [0.15, 0.2) is 5.82 Å². The van der Waals surface area contributed by atoms with Gasteiger partial charge in [0, 0.05) is 42.6 Å². The number of fused-ring (bicyclic) bond motifs is 1. The van der Waals surface area contributed by atoms with Crippen molar-refractivity contribution in [2.24, 2.45) is 5.92 Å². The fraction of sp³-hybridized carbons (Fsp3) is 0.296. The number of carbonyl (C=O) groups excluding carboxylic acids is 1. The minimum atomic E-state index is -0.393. The third-order valence-electron chi connectivity index (χ3n) is 6.59. The number of amides is 1. The molecule has 2 aromatic heterocycles. The molecule has 180 valence electrons. The summed E-state index contributed by atoms with van der Waals surface area (Å²) in [6.45, 7) is 5.84. The van der Waals surface area contributed by atoms with Gasteiger partial charge in [-0.15, -0.1) is 0 Å². The van der Waals surface area contributed by atoms with Crippen molar-refractivity contribution in [1.29, 1.82) is 0 Å². The average Bonchev–Trinajstić information content (AvgIpc) is 3.27. The van der Waals surface area contributed by atoms with E-state index in [-0.39, 0.29) is 18.4 Å². The summed E-state index contributed by atoms with van der Waals surface area (Å²) in [5, 5.41) is 8.07. The Labute approximate surface area is 208 Å². The normalized spacial score (nSPS) is 16.0. The van der Waals surface area contributed by atoms with Gasteiger partial charge in [-0.05, 0) is 56.0 Å². The smallest absolute Gasteiger partial charge is 0.225 e. The summed E-state index contributed by atoms with van der Waals surface area (Å²) < 4.78 is 15.2. The van der Waals surface area contributed by atoms with Gasteiger partial charge in [0.2, 0.25) is 5.91 Å². The predicted molar refractivity (Wildman–Crippen MR) is 136 cm³/mol. The van der Waals surface area contributed by atoms with E-state index in [9.17, 15) is 9.18 Å². The lowest BCUT2D eigenvalue weighted by molar-refractivity contribution is -0.125. The largest absolute Gasteiger partial charge is 0.354 e. The number of hydrogen-bond acceptors (Lipinski definition) is 4.